The molecule has 0 aliphatic carbocycles. The zero-order chi connectivity index (χ0) is 33.7. The number of hydrogen-bond donors (Lipinski definition) is 4. The van der Waals surface area contributed by atoms with Gasteiger partial charge in [0.15, 0.2) is 0 Å². The minimum Gasteiger partial charge on any atom is -0.494 e. The van der Waals surface area contributed by atoms with Crippen LogP contribution in [0.1, 0.15) is 24.0 Å². The molecule has 2 aliphatic heterocycles. The third-order valence-electron chi connectivity index (χ3n) is 8.83. The summed E-state index contributed by atoms with van der Waals surface area (Å²) in [4.78, 5) is 16.8. The molecule has 0 saturated carbocycles. The SMILES string of the molecule is CN/N=C\C(=N)c1ccc(Nc2nc(Nc3cc(C)c(N4CCC(N5CCN(C)CC5)CC4)cc3OC)ncc2Br)c(P(C)(C)=O)c1. The molecule has 3 aromatic rings. The van der Waals surface area contributed by atoms with Gasteiger partial charge >= 0.3 is 0 Å². The van der Waals surface area contributed by atoms with Crippen molar-refractivity contribution in [3.05, 3.63) is 52.1 Å². The quantitative estimate of drug-likeness (QED) is 0.121. The molecule has 4 N–H and O–H groups in total. The number of nitrogens with zero attached hydrogens (tertiary/aromatic N) is 6. The topological polar surface area (TPSA) is 134 Å². The lowest BCUT2D eigenvalue weighted by atomic mass is 10.0. The van der Waals surface area contributed by atoms with Crippen LogP contribution in [0, 0.1) is 12.3 Å². The zero-order valence-electron chi connectivity index (χ0n) is 28.1. The average molecular weight is 726 g/mol. The van der Waals surface area contributed by atoms with Gasteiger partial charge in [0.05, 0.1) is 34.9 Å². The van der Waals surface area contributed by atoms with E-state index in [9.17, 15) is 4.57 Å². The number of ether oxygens (including phenoxy) is 1. The monoisotopic (exact) mass is 724 g/mol. The number of halogens is 1. The Labute approximate surface area is 286 Å². The number of piperidine rings is 1. The van der Waals surface area contributed by atoms with Gasteiger partial charge in [-0.15, -0.1) is 0 Å². The number of aromatic nitrogens is 2. The third kappa shape index (κ3) is 8.51. The summed E-state index contributed by atoms with van der Waals surface area (Å²) in [5, 5.41) is 19.5. The Morgan fingerprint density at radius 3 is 2.47 bits per heavy atom. The summed E-state index contributed by atoms with van der Waals surface area (Å²) in [5.41, 5.74) is 7.22. The van der Waals surface area contributed by atoms with E-state index in [2.05, 4.69) is 82.9 Å². The number of piperazine rings is 1. The van der Waals surface area contributed by atoms with E-state index in [1.54, 1.807) is 45.8 Å². The average Bonchev–Trinajstić information content (AvgIpc) is 3.05. The number of methoxy groups -OCH3 is 1. The van der Waals surface area contributed by atoms with Crippen molar-refractivity contribution in [3.8, 4) is 5.75 Å². The number of hydrogen-bond acceptors (Lipinski definition) is 12. The van der Waals surface area contributed by atoms with Crippen molar-refractivity contribution in [2.45, 2.75) is 25.8 Å². The summed E-state index contributed by atoms with van der Waals surface area (Å²) >= 11 is 3.56. The first-order valence-corrected chi connectivity index (χ1v) is 19.3. The molecule has 2 aliphatic rings. The summed E-state index contributed by atoms with van der Waals surface area (Å²) in [6.45, 7) is 12.2. The fourth-order valence-electron chi connectivity index (χ4n) is 6.16. The lowest BCUT2D eigenvalue weighted by Crippen LogP contribution is -2.52. The van der Waals surface area contributed by atoms with Gasteiger partial charge in [-0.05, 0) is 79.8 Å². The minimum absolute atomic E-state index is 0.209. The van der Waals surface area contributed by atoms with Gasteiger partial charge in [0.2, 0.25) is 5.95 Å². The molecule has 5 rings (SSSR count). The maximum absolute atomic E-state index is 13.3. The summed E-state index contributed by atoms with van der Waals surface area (Å²) in [5.74, 6) is 1.61. The van der Waals surface area contributed by atoms with Crippen LogP contribution in [0.15, 0.2) is 46.1 Å². The molecular formula is C33H46BrN10O2P. The molecule has 14 heteroatoms. The van der Waals surface area contributed by atoms with Crippen LogP contribution >= 0.6 is 23.1 Å². The molecule has 0 bridgehead atoms. The molecule has 47 heavy (non-hydrogen) atoms. The van der Waals surface area contributed by atoms with Gasteiger partial charge in [0, 0.05) is 81.2 Å². The molecule has 0 radical (unpaired) electrons. The van der Waals surface area contributed by atoms with E-state index >= 15 is 0 Å². The molecule has 2 fully saturated rings. The molecule has 0 atom stereocenters. The van der Waals surface area contributed by atoms with Gasteiger partial charge in [0.25, 0.3) is 0 Å². The Bertz CT molecular complexity index is 1660. The predicted molar refractivity (Wildman–Crippen MR) is 198 cm³/mol. The summed E-state index contributed by atoms with van der Waals surface area (Å²) in [7, 11) is 2.82. The van der Waals surface area contributed by atoms with Crippen molar-refractivity contribution in [3.63, 3.8) is 0 Å². The highest BCUT2D eigenvalue weighted by Crippen LogP contribution is 2.40. The number of hydrazone groups is 1. The smallest absolute Gasteiger partial charge is 0.229 e. The van der Waals surface area contributed by atoms with Crippen LogP contribution in [-0.2, 0) is 4.57 Å². The number of nitrogens with one attached hydrogen (secondary N) is 4. The Morgan fingerprint density at radius 1 is 1.09 bits per heavy atom. The van der Waals surface area contributed by atoms with Gasteiger partial charge in [-0.25, -0.2) is 4.98 Å². The first kappa shape index (κ1) is 34.8. The Morgan fingerprint density at radius 2 is 1.81 bits per heavy atom. The van der Waals surface area contributed by atoms with E-state index in [1.807, 2.05) is 6.07 Å². The predicted octanol–water partition coefficient (Wildman–Crippen LogP) is 5.08. The van der Waals surface area contributed by atoms with E-state index < -0.39 is 7.14 Å². The second kappa shape index (κ2) is 15.1. The van der Waals surface area contributed by atoms with Crippen LogP contribution in [0.2, 0.25) is 0 Å². The van der Waals surface area contributed by atoms with Crippen LogP contribution in [0.4, 0.5) is 28.8 Å². The Hall–Kier alpha value is -3.51. The molecule has 252 valence electrons. The molecule has 0 amide bonds. The molecule has 2 aromatic carbocycles. The second-order valence-corrected chi connectivity index (χ2v) is 16.6. The summed E-state index contributed by atoms with van der Waals surface area (Å²) in [6.07, 6.45) is 5.42. The van der Waals surface area contributed by atoms with Crippen molar-refractivity contribution in [2.24, 2.45) is 5.10 Å². The molecule has 3 heterocycles. The fraction of sp³-hybridized carbons (Fsp3) is 0.455. The van der Waals surface area contributed by atoms with Gasteiger partial charge in [-0.3, -0.25) is 10.3 Å². The largest absolute Gasteiger partial charge is 0.494 e. The van der Waals surface area contributed by atoms with Gasteiger partial charge in [-0.2, -0.15) is 10.1 Å². The first-order valence-electron chi connectivity index (χ1n) is 15.9. The normalized spacial score (nSPS) is 16.8. The highest BCUT2D eigenvalue weighted by atomic mass is 79.9. The first-order chi connectivity index (χ1) is 22.5. The maximum Gasteiger partial charge on any atom is 0.229 e. The van der Waals surface area contributed by atoms with Crippen LogP contribution in [0.25, 0.3) is 0 Å². The van der Waals surface area contributed by atoms with Gasteiger partial charge in [0.1, 0.15) is 18.7 Å². The molecule has 0 spiro atoms. The highest BCUT2D eigenvalue weighted by molar-refractivity contribution is 9.10. The van der Waals surface area contributed by atoms with E-state index in [0.29, 0.717) is 44.6 Å². The molecule has 2 saturated heterocycles. The molecular weight excluding hydrogens is 679 g/mol. The number of rotatable bonds is 11. The van der Waals surface area contributed by atoms with Crippen LogP contribution in [0.5, 0.6) is 5.75 Å². The summed E-state index contributed by atoms with van der Waals surface area (Å²) in [6, 6.07) is 10.2. The minimum atomic E-state index is -2.73. The van der Waals surface area contributed by atoms with E-state index in [0.717, 1.165) is 63.4 Å². The molecule has 0 unspecified atom stereocenters. The van der Waals surface area contributed by atoms with Crippen molar-refractivity contribution < 1.29 is 9.30 Å². The number of aryl methyl sites for hydroxylation is 1. The van der Waals surface area contributed by atoms with Crippen molar-refractivity contribution >= 4 is 69.1 Å². The Balaban J connectivity index is 1.32. The van der Waals surface area contributed by atoms with Gasteiger partial charge < -0.3 is 35.2 Å². The van der Waals surface area contributed by atoms with E-state index in [4.69, 9.17) is 15.1 Å². The molecule has 12 nitrogen and oxygen atoms in total. The third-order valence-corrected chi connectivity index (χ3v) is 10.9. The lowest BCUT2D eigenvalue weighted by molar-refractivity contribution is 0.0982. The fourth-order valence-corrected chi connectivity index (χ4v) is 7.61. The summed E-state index contributed by atoms with van der Waals surface area (Å²) < 4.78 is 19.8. The van der Waals surface area contributed by atoms with Crippen LogP contribution < -0.4 is 31.0 Å². The maximum atomic E-state index is 13.3. The van der Waals surface area contributed by atoms with E-state index in [1.165, 1.54) is 11.9 Å². The second-order valence-electron chi connectivity index (χ2n) is 12.5. The van der Waals surface area contributed by atoms with Crippen molar-refractivity contribution in [2.75, 3.05) is 89.3 Å². The van der Waals surface area contributed by atoms with Crippen LogP contribution in [0.3, 0.4) is 0 Å². The lowest BCUT2D eigenvalue weighted by Gasteiger charge is -2.43. The standard InChI is InChI=1S/C33H46BrN10O2P/c1-22-17-28(30(46-4)19-29(22)44-11-9-24(10-12-44)43-15-13-42(3)14-16-43)40-33-37-20-25(34)32(41-33)39-27-8-7-23(26(35)21-38-36-2)18-31(27)47(5,6)45/h7-8,17-21,24,35-36H,9-16H2,1-6H3,(H2,37,39,40,41)/b35-26?,38-21-. The molecule has 1 aromatic heterocycles. The number of likely N-dealkylation sites (N-methyl/N-ethyl adjacent to an activating group) is 1. The van der Waals surface area contributed by atoms with E-state index in [-0.39, 0.29) is 5.71 Å². The van der Waals surface area contributed by atoms with Crippen molar-refractivity contribution in [1.29, 1.82) is 5.41 Å². The zero-order valence-corrected chi connectivity index (χ0v) is 30.6. The van der Waals surface area contributed by atoms with Crippen molar-refractivity contribution in [1.82, 2.24) is 25.2 Å². The number of benzene rings is 2. The van der Waals surface area contributed by atoms with Crippen LogP contribution in [-0.4, -0.2) is 112 Å². The van der Waals surface area contributed by atoms with Gasteiger partial charge in [-0.1, -0.05) is 6.07 Å². The highest BCUT2D eigenvalue weighted by Gasteiger charge is 2.28. The number of anilines is 5. The Kier molecular flexibility index (Phi) is 11.2.